The number of benzene rings is 1. The molecular formula is C16H19N3O5. The van der Waals surface area contributed by atoms with Gasteiger partial charge in [-0.1, -0.05) is 12.1 Å². The number of ether oxygens (including phenoxy) is 1. The summed E-state index contributed by atoms with van der Waals surface area (Å²) >= 11 is 0. The Balaban J connectivity index is 2.10. The fourth-order valence-electron chi connectivity index (χ4n) is 2.34. The third-order valence-electron chi connectivity index (χ3n) is 3.45. The van der Waals surface area contributed by atoms with Crippen molar-refractivity contribution in [3.63, 3.8) is 0 Å². The van der Waals surface area contributed by atoms with Crippen LogP contribution in [0, 0.1) is 0 Å². The van der Waals surface area contributed by atoms with Crippen LogP contribution < -0.4 is 15.5 Å². The first-order valence-corrected chi connectivity index (χ1v) is 7.47. The van der Waals surface area contributed by atoms with Crippen LogP contribution in [0.4, 0.5) is 11.4 Å². The highest BCUT2D eigenvalue weighted by atomic mass is 16.5. The molecule has 2 N–H and O–H groups in total. The summed E-state index contributed by atoms with van der Waals surface area (Å²) in [6.45, 7) is 4.01. The van der Waals surface area contributed by atoms with Gasteiger partial charge in [-0.05, 0) is 26.0 Å². The molecule has 8 heteroatoms. The van der Waals surface area contributed by atoms with E-state index in [0.29, 0.717) is 11.4 Å². The van der Waals surface area contributed by atoms with Crippen molar-refractivity contribution >= 4 is 35.1 Å². The Labute approximate surface area is 139 Å². The first-order chi connectivity index (χ1) is 11.3. The standard InChI is InChI=1S/C16H19N3O5/c1-9(17-11(3)20)16(23)24-10(2)15(22)19-8-14(21)18-12-6-4-5-7-13(12)19/h4-7,9-10H,8H2,1-3H3,(H,17,20)(H,18,21)/t9-,10-/m0/s1. The van der Waals surface area contributed by atoms with Gasteiger partial charge in [-0.2, -0.15) is 0 Å². The number of hydrogen-bond acceptors (Lipinski definition) is 5. The molecule has 3 amide bonds. The summed E-state index contributed by atoms with van der Waals surface area (Å²) in [6, 6.07) is 6.00. The van der Waals surface area contributed by atoms with Gasteiger partial charge in [0, 0.05) is 6.92 Å². The fourth-order valence-corrected chi connectivity index (χ4v) is 2.34. The molecule has 0 saturated carbocycles. The van der Waals surface area contributed by atoms with Gasteiger partial charge in [-0.25, -0.2) is 4.79 Å². The Morgan fingerprint density at radius 3 is 2.58 bits per heavy atom. The van der Waals surface area contributed by atoms with E-state index in [4.69, 9.17) is 4.74 Å². The molecule has 8 nitrogen and oxygen atoms in total. The smallest absolute Gasteiger partial charge is 0.329 e. The number of carbonyl (C=O) groups is 4. The van der Waals surface area contributed by atoms with Gasteiger partial charge in [0.2, 0.25) is 11.8 Å². The number of nitrogens with one attached hydrogen (secondary N) is 2. The Bertz CT molecular complexity index is 688. The minimum Gasteiger partial charge on any atom is -0.451 e. The number of anilines is 2. The van der Waals surface area contributed by atoms with Gasteiger partial charge < -0.3 is 15.4 Å². The lowest BCUT2D eigenvalue weighted by Gasteiger charge is -2.31. The average Bonchev–Trinajstić information content (AvgIpc) is 2.52. The van der Waals surface area contributed by atoms with Crippen molar-refractivity contribution in [1.29, 1.82) is 0 Å². The molecule has 1 aromatic carbocycles. The summed E-state index contributed by atoms with van der Waals surface area (Å²) in [6.07, 6.45) is -1.09. The molecule has 0 spiro atoms. The van der Waals surface area contributed by atoms with Crippen LogP contribution in [0.25, 0.3) is 0 Å². The highest BCUT2D eigenvalue weighted by Crippen LogP contribution is 2.29. The maximum Gasteiger partial charge on any atom is 0.329 e. The molecule has 2 atom stereocenters. The molecule has 1 aliphatic rings. The molecule has 1 aromatic rings. The Morgan fingerprint density at radius 1 is 1.25 bits per heavy atom. The number of hydrogen-bond donors (Lipinski definition) is 2. The van der Waals surface area contributed by atoms with Crippen molar-refractivity contribution in [2.75, 3.05) is 16.8 Å². The highest BCUT2D eigenvalue weighted by molar-refractivity contribution is 6.11. The predicted octanol–water partition coefficient (Wildman–Crippen LogP) is 0.428. The summed E-state index contributed by atoms with van der Waals surface area (Å²) in [4.78, 5) is 48.5. The van der Waals surface area contributed by atoms with Crippen LogP contribution in [-0.4, -0.2) is 42.4 Å². The van der Waals surface area contributed by atoms with E-state index in [9.17, 15) is 19.2 Å². The SMILES string of the molecule is CC(=O)N[C@@H](C)C(=O)O[C@@H](C)C(=O)N1CC(=O)Nc2ccccc21. The molecular weight excluding hydrogens is 314 g/mol. The number of rotatable bonds is 4. The fraction of sp³-hybridized carbons (Fsp3) is 0.375. The van der Waals surface area contributed by atoms with Gasteiger partial charge in [-0.15, -0.1) is 0 Å². The molecule has 2 rings (SSSR count). The van der Waals surface area contributed by atoms with Crippen molar-refractivity contribution in [3.05, 3.63) is 24.3 Å². The molecule has 0 fully saturated rings. The first kappa shape index (κ1) is 17.5. The molecule has 0 saturated heterocycles. The van der Waals surface area contributed by atoms with Crippen molar-refractivity contribution in [3.8, 4) is 0 Å². The third kappa shape index (κ3) is 3.89. The van der Waals surface area contributed by atoms with Gasteiger partial charge in [0.15, 0.2) is 6.10 Å². The van der Waals surface area contributed by atoms with E-state index in [1.165, 1.54) is 25.7 Å². The summed E-state index contributed by atoms with van der Waals surface area (Å²) in [5.74, 6) is -1.94. The number of nitrogens with zero attached hydrogens (tertiary/aromatic N) is 1. The van der Waals surface area contributed by atoms with Crippen LogP contribution in [0.2, 0.25) is 0 Å². The molecule has 0 unspecified atom stereocenters. The lowest BCUT2D eigenvalue weighted by molar-refractivity contribution is -0.156. The predicted molar refractivity (Wildman–Crippen MR) is 86.3 cm³/mol. The Morgan fingerprint density at radius 2 is 1.92 bits per heavy atom. The van der Waals surface area contributed by atoms with Crippen molar-refractivity contribution < 1.29 is 23.9 Å². The van der Waals surface area contributed by atoms with Crippen LogP contribution in [0.15, 0.2) is 24.3 Å². The third-order valence-corrected chi connectivity index (χ3v) is 3.45. The molecule has 1 heterocycles. The lowest BCUT2D eigenvalue weighted by Crippen LogP contribution is -2.48. The minimum absolute atomic E-state index is 0.154. The van der Waals surface area contributed by atoms with Crippen molar-refractivity contribution in [2.24, 2.45) is 0 Å². The normalized spacial score (nSPS) is 15.6. The zero-order valence-corrected chi connectivity index (χ0v) is 13.7. The Kier molecular flexibility index (Phi) is 5.18. The van der Waals surface area contributed by atoms with Gasteiger partial charge in [0.05, 0.1) is 11.4 Å². The molecule has 1 aliphatic heterocycles. The van der Waals surface area contributed by atoms with Gasteiger partial charge in [0.25, 0.3) is 5.91 Å². The van der Waals surface area contributed by atoms with Gasteiger partial charge in [0.1, 0.15) is 12.6 Å². The number of fused-ring (bicyclic) bond motifs is 1. The number of carbonyl (C=O) groups excluding carboxylic acids is 4. The quantitative estimate of drug-likeness (QED) is 0.778. The summed E-state index contributed by atoms with van der Waals surface area (Å²) in [5, 5.41) is 5.06. The summed E-state index contributed by atoms with van der Waals surface area (Å²) < 4.78 is 5.10. The maximum absolute atomic E-state index is 12.6. The molecule has 0 radical (unpaired) electrons. The average molecular weight is 333 g/mol. The summed E-state index contributed by atoms with van der Waals surface area (Å²) in [7, 11) is 0. The monoisotopic (exact) mass is 333 g/mol. The topological polar surface area (TPSA) is 105 Å². The Hall–Kier alpha value is -2.90. The van der Waals surface area contributed by atoms with E-state index in [1.807, 2.05) is 0 Å². The van der Waals surface area contributed by atoms with E-state index < -0.39 is 24.0 Å². The van der Waals surface area contributed by atoms with E-state index >= 15 is 0 Å². The maximum atomic E-state index is 12.6. The van der Waals surface area contributed by atoms with Crippen LogP contribution in [0.3, 0.4) is 0 Å². The largest absolute Gasteiger partial charge is 0.451 e. The second-order valence-electron chi connectivity index (χ2n) is 5.49. The molecule has 0 aliphatic carbocycles. The number of para-hydroxylation sites is 2. The van der Waals surface area contributed by atoms with Gasteiger partial charge >= 0.3 is 5.97 Å². The van der Waals surface area contributed by atoms with Crippen molar-refractivity contribution in [2.45, 2.75) is 32.9 Å². The second kappa shape index (κ2) is 7.12. The van der Waals surface area contributed by atoms with Crippen molar-refractivity contribution in [1.82, 2.24) is 5.32 Å². The van der Waals surface area contributed by atoms with Crippen LogP contribution >= 0.6 is 0 Å². The van der Waals surface area contributed by atoms with Gasteiger partial charge in [-0.3, -0.25) is 19.3 Å². The van der Waals surface area contributed by atoms with Crippen LogP contribution in [0.1, 0.15) is 20.8 Å². The molecule has 0 bridgehead atoms. The zero-order valence-electron chi connectivity index (χ0n) is 13.7. The second-order valence-corrected chi connectivity index (χ2v) is 5.49. The van der Waals surface area contributed by atoms with Crippen LogP contribution in [0.5, 0.6) is 0 Å². The number of amides is 3. The van der Waals surface area contributed by atoms with Crippen LogP contribution in [-0.2, 0) is 23.9 Å². The molecule has 0 aromatic heterocycles. The van der Waals surface area contributed by atoms with E-state index in [1.54, 1.807) is 24.3 Å². The minimum atomic E-state index is -1.09. The van der Waals surface area contributed by atoms with E-state index in [2.05, 4.69) is 10.6 Å². The zero-order chi connectivity index (χ0) is 17.9. The lowest BCUT2D eigenvalue weighted by atomic mass is 10.1. The number of esters is 1. The molecule has 24 heavy (non-hydrogen) atoms. The van der Waals surface area contributed by atoms with E-state index in [0.717, 1.165) is 0 Å². The first-order valence-electron chi connectivity index (χ1n) is 7.47. The van der Waals surface area contributed by atoms with E-state index in [-0.39, 0.29) is 18.4 Å². The summed E-state index contributed by atoms with van der Waals surface area (Å²) in [5.41, 5.74) is 1.06. The highest BCUT2D eigenvalue weighted by Gasteiger charge is 2.32. The molecule has 128 valence electrons.